The smallest absolute Gasteiger partial charge is 0.264 e. The van der Waals surface area contributed by atoms with E-state index in [1.807, 2.05) is 0 Å². The molecule has 0 bridgehead atoms. The third-order valence-electron chi connectivity index (χ3n) is 4.41. The normalized spacial score (nSPS) is 14.1. The van der Waals surface area contributed by atoms with Crippen LogP contribution in [-0.4, -0.2) is 38.2 Å². The maximum Gasteiger partial charge on any atom is 0.264 e. The van der Waals surface area contributed by atoms with Crippen LogP contribution in [0, 0.1) is 5.82 Å². The van der Waals surface area contributed by atoms with Crippen LogP contribution >= 0.6 is 11.6 Å². The van der Waals surface area contributed by atoms with E-state index in [1.165, 1.54) is 30.3 Å². The van der Waals surface area contributed by atoms with Crippen LogP contribution in [0.3, 0.4) is 0 Å². The van der Waals surface area contributed by atoms with Crippen LogP contribution in [0.5, 0.6) is 0 Å². The van der Waals surface area contributed by atoms with Gasteiger partial charge in [0.05, 0.1) is 11.4 Å². The molecule has 2 N–H and O–H groups in total. The number of halogens is 2. The van der Waals surface area contributed by atoms with Gasteiger partial charge in [-0.2, -0.15) is 0 Å². The van der Waals surface area contributed by atoms with Gasteiger partial charge in [-0.3, -0.25) is 14.3 Å². The molecule has 154 valence electrons. The van der Waals surface area contributed by atoms with Crippen molar-refractivity contribution < 1.29 is 22.4 Å². The molecule has 2 aromatic rings. The summed E-state index contributed by atoms with van der Waals surface area (Å²) in [5, 5.41) is 2.88. The molecular weight excluding hydrogens is 421 g/mol. The number of rotatable bonds is 7. The zero-order chi connectivity index (χ0) is 21.0. The average molecular weight is 440 g/mol. The van der Waals surface area contributed by atoms with E-state index in [-0.39, 0.29) is 35.3 Å². The summed E-state index contributed by atoms with van der Waals surface area (Å²) >= 11 is 5.97. The van der Waals surface area contributed by atoms with Gasteiger partial charge < -0.3 is 10.2 Å². The van der Waals surface area contributed by atoms with Gasteiger partial charge in [0.1, 0.15) is 10.7 Å². The number of likely N-dealkylation sites (tertiary alicyclic amines) is 1. The molecule has 1 aliphatic heterocycles. The molecule has 1 saturated heterocycles. The van der Waals surface area contributed by atoms with E-state index in [0.717, 1.165) is 18.6 Å². The number of hydrogen-bond donors (Lipinski definition) is 2. The lowest BCUT2D eigenvalue weighted by Crippen LogP contribution is -2.29. The second-order valence-corrected chi connectivity index (χ2v) is 8.60. The summed E-state index contributed by atoms with van der Waals surface area (Å²) in [6.45, 7) is 0.901. The molecule has 2 amide bonds. The van der Waals surface area contributed by atoms with Crippen molar-refractivity contribution in [1.82, 2.24) is 4.90 Å². The number of carbonyl (C=O) groups excluding carboxylic acids is 2. The Balaban J connectivity index is 1.75. The Kier molecular flexibility index (Phi) is 6.39. The molecule has 1 aliphatic rings. The first-order valence-corrected chi connectivity index (χ1v) is 10.8. The fraction of sp³-hybridized carbons (Fsp3) is 0.263. The number of nitrogens with zero attached hydrogens (tertiary/aromatic N) is 1. The Morgan fingerprint density at radius 1 is 1.17 bits per heavy atom. The molecule has 10 heteroatoms. The minimum absolute atomic E-state index is 0.0129. The maximum atomic E-state index is 13.9. The summed E-state index contributed by atoms with van der Waals surface area (Å²) in [6, 6.07) is 9.17. The molecule has 3 rings (SSSR count). The van der Waals surface area contributed by atoms with Gasteiger partial charge in [-0.1, -0.05) is 23.7 Å². The van der Waals surface area contributed by atoms with Crippen LogP contribution in [-0.2, 0) is 19.6 Å². The second-order valence-electron chi connectivity index (χ2n) is 6.51. The number of sulfonamides is 1. The fourth-order valence-electron chi connectivity index (χ4n) is 2.96. The lowest BCUT2D eigenvalue weighted by atomic mass is 10.2. The quantitative estimate of drug-likeness (QED) is 0.692. The minimum atomic E-state index is -4.22. The highest BCUT2D eigenvalue weighted by atomic mass is 35.5. The molecule has 0 unspecified atom stereocenters. The van der Waals surface area contributed by atoms with E-state index in [2.05, 4.69) is 10.0 Å². The molecule has 0 spiro atoms. The Morgan fingerprint density at radius 3 is 2.62 bits per heavy atom. The van der Waals surface area contributed by atoms with Crippen molar-refractivity contribution in [1.29, 1.82) is 0 Å². The molecule has 0 aromatic heterocycles. The summed E-state index contributed by atoms with van der Waals surface area (Å²) in [6.07, 6.45) is 1.31. The highest BCUT2D eigenvalue weighted by Crippen LogP contribution is 2.29. The number of anilines is 2. The molecule has 0 aliphatic carbocycles. The number of hydrogen-bond acceptors (Lipinski definition) is 4. The maximum absolute atomic E-state index is 13.9. The Bertz CT molecular complexity index is 1050. The van der Waals surface area contributed by atoms with Crippen molar-refractivity contribution >= 4 is 44.8 Å². The number of amides is 2. The van der Waals surface area contributed by atoms with E-state index < -0.39 is 26.6 Å². The van der Waals surface area contributed by atoms with Gasteiger partial charge in [0.25, 0.3) is 10.0 Å². The summed E-state index contributed by atoms with van der Waals surface area (Å²) in [7, 11) is -4.22. The lowest BCUT2D eigenvalue weighted by Gasteiger charge is -2.17. The van der Waals surface area contributed by atoms with Gasteiger partial charge in [-0.25, -0.2) is 12.8 Å². The zero-order valence-corrected chi connectivity index (χ0v) is 16.9. The van der Waals surface area contributed by atoms with Gasteiger partial charge in [0, 0.05) is 31.0 Å². The Labute approximate surface area is 172 Å². The Hall–Kier alpha value is -2.65. The monoisotopic (exact) mass is 439 g/mol. The Morgan fingerprint density at radius 2 is 1.93 bits per heavy atom. The van der Waals surface area contributed by atoms with E-state index in [4.69, 9.17) is 11.6 Å². The SMILES string of the molecule is O=C(CCN1CCCC1=O)Nc1cc(Cl)ccc1NS(=O)(=O)c1ccccc1F. The summed E-state index contributed by atoms with van der Waals surface area (Å²) < 4.78 is 41.3. The number of nitrogens with one attached hydrogen (secondary N) is 2. The van der Waals surface area contributed by atoms with Crippen LogP contribution in [0.15, 0.2) is 47.4 Å². The summed E-state index contributed by atoms with van der Waals surface area (Å²) in [5.41, 5.74) is 0.179. The van der Waals surface area contributed by atoms with Crippen LogP contribution in [0.2, 0.25) is 5.02 Å². The first kappa shape index (κ1) is 21.1. The van der Waals surface area contributed by atoms with Crippen molar-refractivity contribution in [3.05, 3.63) is 53.3 Å². The first-order valence-electron chi connectivity index (χ1n) is 8.91. The van der Waals surface area contributed by atoms with Crippen LogP contribution in [0.25, 0.3) is 0 Å². The van der Waals surface area contributed by atoms with Crippen molar-refractivity contribution in [3.63, 3.8) is 0 Å². The van der Waals surface area contributed by atoms with E-state index >= 15 is 0 Å². The van der Waals surface area contributed by atoms with Crippen LogP contribution in [0.1, 0.15) is 19.3 Å². The van der Waals surface area contributed by atoms with E-state index in [0.29, 0.717) is 13.0 Å². The van der Waals surface area contributed by atoms with Crippen molar-refractivity contribution in [2.45, 2.75) is 24.2 Å². The predicted molar refractivity (Wildman–Crippen MR) is 108 cm³/mol. The number of benzene rings is 2. The molecule has 7 nitrogen and oxygen atoms in total. The third kappa shape index (κ3) is 5.24. The van der Waals surface area contributed by atoms with Gasteiger partial charge >= 0.3 is 0 Å². The molecule has 0 saturated carbocycles. The summed E-state index contributed by atoms with van der Waals surface area (Å²) in [5.74, 6) is -1.29. The highest BCUT2D eigenvalue weighted by Gasteiger charge is 2.22. The van der Waals surface area contributed by atoms with Crippen LogP contribution < -0.4 is 10.0 Å². The molecule has 0 radical (unpaired) electrons. The van der Waals surface area contributed by atoms with E-state index in [9.17, 15) is 22.4 Å². The third-order valence-corrected chi connectivity index (χ3v) is 6.04. The fourth-order valence-corrected chi connectivity index (χ4v) is 4.29. The number of carbonyl (C=O) groups is 2. The summed E-state index contributed by atoms with van der Waals surface area (Å²) in [4.78, 5) is 25.0. The van der Waals surface area contributed by atoms with Crippen molar-refractivity contribution in [2.24, 2.45) is 0 Å². The van der Waals surface area contributed by atoms with Gasteiger partial charge in [-0.15, -0.1) is 0 Å². The standard InChI is InChI=1S/C19H19ClFN3O4S/c20-13-7-8-15(23-29(27,28)17-5-2-1-4-14(17)21)16(12-13)22-18(25)9-11-24-10-3-6-19(24)26/h1-2,4-5,7-8,12,23H,3,6,9-11H2,(H,22,25). The largest absolute Gasteiger partial charge is 0.342 e. The van der Waals surface area contributed by atoms with Crippen molar-refractivity contribution in [2.75, 3.05) is 23.1 Å². The molecule has 0 atom stereocenters. The first-order chi connectivity index (χ1) is 13.8. The highest BCUT2D eigenvalue weighted by molar-refractivity contribution is 7.92. The zero-order valence-electron chi connectivity index (χ0n) is 15.3. The van der Waals surface area contributed by atoms with Gasteiger partial charge in [-0.05, 0) is 36.8 Å². The van der Waals surface area contributed by atoms with E-state index in [1.54, 1.807) is 4.90 Å². The lowest BCUT2D eigenvalue weighted by molar-refractivity contribution is -0.128. The molecule has 2 aromatic carbocycles. The van der Waals surface area contributed by atoms with Crippen molar-refractivity contribution in [3.8, 4) is 0 Å². The molecular formula is C19H19ClFN3O4S. The topological polar surface area (TPSA) is 95.6 Å². The molecule has 1 heterocycles. The average Bonchev–Trinajstić information content (AvgIpc) is 3.07. The van der Waals surface area contributed by atoms with Gasteiger partial charge in [0.15, 0.2) is 0 Å². The van der Waals surface area contributed by atoms with Gasteiger partial charge in [0.2, 0.25) is 11.8 Å². The predicted octanol–water partition coefficient (Wildman–Crippen LogP) is 3.23. The van der Waals surface area contributed by atoms with Crippen LogP contribution in [0.4, 0.5) is 15.8 Å². The second kappa shape index (κ2) is 8.79. The molecule has 1 fully saturated rings. The minimum Gasteiger partial charge on any atom is -0.342 e. The molecule has 29 heavy (non-hydrogen) atoms.